The zero-order valence-corrected chi connectivity index (χ0v) is 13.6. The Morgan fingerprint density at radius 2 is 1.86 bits per heavy atom. The van der Waals surface area contributed by atoms with Crippen molar-refractivity contribution in [2.45, 2.75) is 39.8 Å². The molecule has 1 N–H and O–H groups in total. The molecule has 0 saturated carbocycles. The highest BCUT2D eigenvalue weighted by Gasteiger charge is 2.05. The Morgan fingerprint density at radius 3 is 2.64 bits per heavy atom. The largest absolute Gasteiger partial charge is 0.494 e. The Kier molecular flexibility index (Phi) is 6.13. The lowest BCUT2D eigenvalue weighted by atomic mass is 10.2. The molecule has 2 aromatic carbocycles. The molecule has 0 spiro atoms. The van der Waals surface area contributed by atoms with Crippen molar-refractivity contribution in [3.63, 3.8) is 0 Å². The fourth-order valence-electron chi connectivity index (χ4n) is 2.13. The fraction of sp³-hybridized carbons (Fsp3) is 0.368. The number of hydrogen-bond acceptors (Lipinski definition) is 3. The van der Waals surface area contributed by atoms with Gasteiger partial charge in [-0.1, -0.05) is 31.2 Å². The predicted molar refractivity (Wildman–Crippen MR) is 91.8 cm³/mol. The summed E-state index contributed by atoms with van der Waals surface area (Å²) < 4.78 is 11.5. The van der Waals surface area contributed by atoms with Gasteiger partial charge >= 0.3 is 0 Å². The van der Waals surface area contributed by atoms with Crippen molar-refractivity contribution in [1.29, 1.82) is 0 Å². The molecule has 0 saturated heterocycles. The molecule has 118 valence electrons. The summed E-state index contributed by atoms with van der Waals surface area (Å²) in [6.07, 6.45) is 1.18. The van der Waals surface area contributed by atoms with Crippen LogP contribution in [0.5, 0.6) is 11.5 Å². The van der Waals surface area contributed by atoms with Crippen LogP contribution in [0.15, 0.2) is 48.5 Å². The molecule has 2 rings (SSSR count). The summed E-state index contributed by atoms with van der Waals surface area (Å²) in [4.78, 5) is 0. The van der Waals surface area contributed by atoms with E-state index in [9.17, 15) is 0 Å². The fourth-order valence-corrected chi connectivity index (χ4v) is 2.13. The Hall–Kier alpha value is -2.16. The second kappa shape index (κ2) is 8.32. The number of benzene rings is 2. The molecule has 0 aliphatic heterocycles. The van der Waals surface area contributed by atoms with Crippen molar-refractivity contribution < 1.29 is 9.47 Å². The number of ether oxygens (including phenoxy) is 2. The Bertz CT molecular complexity index is 581. The highest BCUT2D eigenvalue weighted by molar-refractivity contribution is 5.56. The van der Waals surface area contributed by atoms with Crippen LogP contribution in [-0.2, 0) is 6.54 Å². The molecule has 22 heavy (non-hydrogen) atoms. The molecule has 0 aliphatic rings. The molecule has 0 unspecified atom stereocenters. The van der Waals surface area contributed by atoms with Crippen LogP contribution in [0.3, 0.4) is 0 Å². The first-order chi connectivity index (χ1) is 10.7. The van der Waals surface area contributed by atoms with Crippen molar-refractivity contribution in [2.24, 2.45) is 0 Å². The maximum absolute atomic E-state index is 5.82. The molecule has 0 radical (unpaired) electrons. The van der Waals surface area contributed by atoms with Crippen LogP contribution in [0.1, 0.15) is 32.8 Å². The van der Waals surface area contributed by atoms with E-state index in [1.807, 2.05) is 50.2 Å². The zero-order valence-electron chi connectivity index (χ0n) is 13.6. The van der Waals surface area contributed by atoms with Crippen LogP contribution in [-0.4, -0.2) is 12.7 Å². The first kappa shape index (κ1) is 16.2. The van der Waals surface area contributed by atoms with E-state index in [2.05, 4.69) is 24.4 Å². The quantitative estimate of drug-likeness (QED) is 0.754. The van der Waals surface area contributed by atoms with Gasteiger partial charge in [-0.2, -0.15) is 0 Å². The van der Waals surface area contributed by atoms with Gasteiger partial charge in [0, 0.05) is 6.54 Å². The van der Waals surface area contributed by atoms with Crippen LogP contribution in [0, 0.1) is 0 Å². The summed E-state index contributed by atoms with van der Waals surface area (Å²) in [7, 11) is 0. The van der Waals surface area contributed by atoms with E-state index in [1.165, 1.54) is 5.56 Å². The van der Waals surface area contributed by atoms with Gasteiger partial charge in [-0.25, -0.2) is 0 Å². The standard InChI is InChI=1S/C19H25NO2/c1-4-12-21-17-9-7-8-16(13-17)14-20-18-10-5-6-11-19(18)22-15(2)3/h5-11,13,15,20H,4,12,14H2,1-3H3. The second-order valence-corrected chi connectivity index (χ2v) is 5.51. The van der Waals surface area contributed by atoms with Crippen molar-refractivity contribution in [3.8, 4) is 11.5 Å². The lowest BCUT2D eigenvalue weighted by Gasteiger charge is -2.15. The third kappa shape index (κ3) is 4.99. The molecule has 3 nitrogen and oxygen atoms in total. The van der Waals surface area contributed by atoms with Crippen molar-refractivity contribution in [3.05, 3.63) is 54.1 Å². The molecule has 0 aliphatic carbocycles. The van der Waals surface area contributed by atoms with E-state index in [4.69, 9.17) is 9.47 Å². The highest BCUT2D eigenvalue weighted by Crippen LogP contribution is 2.25. The van der Waals surface area contributed by atoms with Crippen LogP contribution < -0.4 is 14.8 Å². The van der Waals surface area contributed by atoms with E-state index < -0.39 is 0 Å². The van der Waals surface area contributed by atoms with Crippen molar-refractivity contribution >= 4 is 5.69 Å². The van der Waals surface area contributed by atoms with Crippen LogP contribution in [0.4, 0.5) is 5.69 Å². The number of para-hydroxylation sites is 2. The highest BCUT2D eigenvalue weighted by atomic mass is 16.5. The summed E-state index contributed by atoms with van der Waals surface area (Å²) in [5.41, 5.74) is 2.20. The van der Waals surface area contributed by atoms with Gasteiger partial charge in [0.1, 0.15) is 11.5 Å². The average molecular weight is 299 g/mol. The van der Waals surface area contributed by atoms with Gasteiger partial charge in [-0.05, 0) is 50.1 Å². The SMILES string of the molecule is CCCOc1cccc(CNc2ccccc2OC(C)C)c1. The van der Waals surface area contributed by atoms with Crippen LogP contribution in [0.2, 0.25) is 0 Å². The third-order valence-electron chi connectivity index (χ3n) is 3.10. The van der Waals surface area contributed by atoms with E-state index in [0.717, 1.165) is 36.8 Å². The molecular formula is C19H25NO2. The van der Waals surface area contributed by atoms with E-state index >= 15 is 0 Å². The molecule has 0 heterocycles. The molecule has 0 fully saturated rings. The number of anilines is 1. The first-order valence-corrected chi connectivity index (χ1v) is 7.90. The summed E-state index contributed by atoms with van der Waals surface area (Å²) >= 11 is 0. The Morgan fingerprint density at radius 1 is 1.05 bits per heavy atom. The van der Waals surface area contributed by atoms with Gasteiger partial charge in [0.15, 0.2) is 0 Å². The summed E-state index contributed by atoms with van der Waals surface area (Å²) in [5.74, 6) is 1.81. The molecule has 0 aromatic heterocycles. The normalized spacial score (nSPS) is 10.5. The Balaban J connectivity index is 2.01. The number of rotatable bonds is 8. The van der Waals surface area contributed by atoms with Gasteiger partial charge in [0.05, 0.1) is 18.4 Å². The van der Waals surface area contributed by atoms with Gasteiger partial charge in [0.25, 0.3) is 0 Å². The number of hydrogen-bond donors (Lipinski definition) is 1. The predicted octanol–water partition coefficient (Wildman–Crippen LogP) is 4.87. The third-order valence-corrected chi connectivity index (χ3v) is 3.10. The topological polar surface area (TPSA) is 30.5 Å². The van der Waals surface area contributed by atoms with Crippen LogP contribution in [0.25, 0.3) is 0 Å². The van der Waals surface area contributed by atoms with Crippen LogP contribution >= 0.6 is 0 Å². The van der Waals surface area contributed by atoms with E-state index in [1.54, 1.807) is 0 Å². The van der Waals surface area contributed by atoms with Crippen molar-refractivity contribution in [1.82, 2.24) is 0 Å². The summed E-state index contributed by atoms with van der Waals surface area (Å²) in [6, 6.07) is 16.2. The number of nitrogens with one attached hydrogen (secondary N) is 1. The molecule has 2 aromatic rings. The van der Waals surface area contributed by atoms with Gasteiger partial charge in [0.2, 0.25) is 0 Å². The minimum Gasteiger partial charge on any atom is -0.494 e. The van der Waals surface area contributed by atoms with Crippen molar-refractivity contribution in [2.75, 3.05) is 11.9 Å². The van der Waals surface area contributed by atoms with Gasteiger partial charge < -0.3 is 14.8 Å². The minimum atomic E-state index is 0.161. The molecule has 0 atom stereocenters. The minimum absolute atomic E-state index is 0.161. The lowest BCUT2D eigenvalue weighted by molar-refractivity contribution is 0.243. The average Bonchev–Trinajstić information content (AvgIpc) is 2.52. The Labute approximate surface area is 133 Å². The van der Waals surface area contributed by atoms with E-state index in [-0.39, 0.29) is 6.10 Å². The smallest absolute Gasteiger partial charge is 0.142 e. The monoisotopic (exact) mass is 299 g/mol. The van der Waals surface area contributed by atoms with E-state index in [0.29, 0.717) is 0 Å². The van der Waals surface area contributed by atoms with Gasteiger partial charge in [-0.3, -0.25) is 0 Å². The molecule has 3 heteroatoms. The molecule has 0 amide bonds. The zero-order chi connectivity index (χ0) is 15.8. The lowest BCUT2D eigenvalue weighted by Crippen LogP contribution is -2.08. The first-order valence-electron chi connectivity index (χ1n) is 7.90. The van der Waals surface area contributed by atoms with Gasteiger partial charge in [-0.15, -0.1) is 0 Å². The second-order valence-electron chi connectivity index (χ2n) is 5.51. The maximum atomic E-state index is 5.82. The summed E-state index contributed by atoms with van der Waals surface area (Å²) in [6.45, 7) is 7.66. The molecule has 0 bridgehead atoms. The summed E-state index contributed by atoms with van der Waals surface area (Å²) in [5, 5.41) is 3.44. The molecular weight excluding hydrogens is 274 g/mol. The maximum Gasteiger partial charge on any atom is 0.142 e.